The third-order valence-electron chi connectivity index (χ3n) is 2.05. The van der Waals surface area contributed by atoms with E-state index in [0.29, 0.717) is 0 Å². The van der Waals surface area contributed by atoms with Crippen LogP contribution in [0.2, 0.25) is 0 Å². The smallest absolute Gasteiger partial charge is 0.114 e. The molecule has 13 heavy (non-hydrogen) atoms. The predicted octanol–water partition coefficient (Wildman–Crippen LogP) is -0.719. The summed E-state index contributed by atoms with van der Waals surface area (Å²) in [5.74, 6) is 0.912. The molecular formula is C8H13N5. The van der Waals surface area contributed by atoms with Crippen LogP contribution in [0.3, 0.4) is 0 Å². The number of nitrogens with one attached hydrogen (secondary N) is 2. The zero-order valence-electron chi connectivity index (χ0n) is 7.33. The first-order chi connectivity index (χ1) is 6.36. The molecule has 0 saturated carbocycles. The van der Waals surface area contributed by atoms with Crippen molar-refractivity contribution >= 4 is 5.84 Å². The van der Waals surface area contributed by atoms with Crippen LogP contribution in [0.15, 0.2) is 17.5 Å². The number of H-pyrrole nitrogens is 1. The summed E-state index contributed by atoms with van der Waals surface area (Å²) in [7, 11) is 0. The Hall–Kier alpha value is -1.36. The highest BCUT2D eigenvalue weighted by Crippen LogP contribution is 1.99. The molecule has 2 rings (SSSR count). The average molecular weight is 179 g/mol. The van der Waals surface area contributed by atoms with Crippen molar-refractivity contribution in [1.82, 2.24) is 15.3 Å². The second-order valence-corrected chi connectivity index (χ2v) is 3.08. The first-order valence-electron chi connectivity index (χ1n) is 4.37. The maximum absolute atomic E-state index is 5.93. The molecular weight excluding hydrogens is 166 g/mol. The summed E-state index contributed by atoms with van der Waals surface area (Å²) in [5.41, 5.74) is 6.97. The number of nitrogens with zero attached hydrogens (tertiary/aromatic N) is 2. The van der Waals surface area contributed by atoms with Crippen LogP contribution >= 0.6 is 0 Å². The first kappa shape index (κ1) is 8.25. The van der Waals surface area contributed by atoms with Crippen LogP contribution in [0, 0.1) is 0 Å². The lowest BCUT2D eigenvalue weighted by Gasteiger charge is -2.10. The number of imidazole rings is 1. The van der Waals surface area contributed by atoms with Gasteiger partial charge < -0.3 is 16.0 Å². The summed E-state index contributed by atoms with van der Waals surface area (Å²) in [5, 5.41) is 3.16. The molecule has 2 heterocycles. The molecule has 0 unspecified atom stereocenters. The van der Waals surface area contributed by atoms with Gasteiger partial charge in [0.15, 0.2) is 0 Å². The van der Waals surface area contributed by atoms with Gasteiger partial charge in [-0.15, -0.1) is 0 Å². The molecule has 0 fully saturated rings. The van der Waals surface area contributed by atoms with E-state index in [9.17, 15) is 0 Å². The van der Waals surface area contributed by atoms with E-state index in [4.69, 9.17) is 5.73 Å². The van der Waals surface area contributed by atoms with Gasteiger partial charge in [-0.25, -0.2) is 4.98 Å². The van der Waals surface area contributed by atoms with E-state index >= 15 is 0 Å². The molecule has 1 aliphatic rings. The van der Waals surface area contributed by atoms with Crippen molar-refractivity contribution in [3.63, 3.8) is 0 Å². The fourth-order valence-electron chi connectivity index (χ4n) is 1.39. The van der Waals surface area contributed by atoms with Crippen LogP contribution in [0.25, 0.3) is 0 Å². The van der Waals surface area contributed by atoms with E-state index in [-0.39, 0.29) is 6.04 Å². The number of aromatic nitrogens is 2. The molecule has 4 N–H and O–H groups in total. The number of nitrogens with two attached hydrogens (primary N) is 1. The lowest BCUT2D eigenvalue weighted by atomic mass is 10.1. The van der Waals surface area contributed by atoms with E-state index in [1.54, 1.807) is 12.5 Å². The first-order valence-corrected chi connectivity index (χ1v) is 4.37. The highest BCUT2D eigenvalue weighted by Gasteiger charge is 2.14. The van der Waals surface area contributed by atoms with Crippen LogP contribution in [0.1, 0.15) is 5.69 Å². The minimum absolute atomic E-state index is 0.0389. The third-order valence-corrected chi connectivity index (χ3v) is 2.05. The van der Waals surface area contributed by atoms with Gasteiger partial charge in [-0.3, -0.25) is 4.99 Å². The van der Waals surface area contributed by atoms with Crippen molar-refractivity contribution in [3.8, 4) is 0 Å². The minimum atomic E-state index is -0.0389. The maximum atomic E-state index is 5.93. The fourth-order valence-corrected chi connectivity index (χ4v) is 1.39. The number of hydrogen-bond donors (Lipinski definition) is 3. The Kier molecular flexibility index (Phi) is 2.27. The summed E-state index contributed by atoms with van der Waals surface area (Å²) in [6, 6.07) is -0.0389. The van der Waals surface area contributed by atoms with Crippen molar-refractivity contribution in [2.45, 2.75) is 12.5 Å². The topological polar surface area (TPSA) is 79.1 Å². The summed E-state index contributed by atoms with van der Waals surface area (Å²) < 4.78 is 0. The third kappa shape index (κ3) is 1.86. The van der Waals surface area contributed by atoms with Gasteiger partial charge in [0.25, 0.3) is 0 Å². The average Bonchev–Trinajstić information content (AvgIpc) is 2.74. The number of hydrogen-bond acceptors (Lipinski definition) is 4. The minimum Gasteiger partial charge on any atom is -0.371 e. The van der Waals surface area contributed by atoms with Crippen molar-refractivity contribution in [2.24, 2.45) is 10.7 Å². The van der Waals surface area contributed by atoms with Crippen molar-refractivity contribution < 1.29 is 0 Å². The second-order valence-electron chi connectivity index (χ2n) is 3.08. The van der Waals surface area contributed by atoms with Gasteiger partial charge in [-0.05, 0) is 0 Å². The largest absolute Gasteiger partial charge is 0.371 e. The molecule has 0 bridgehead atoms. The normalized spacial score (nSPS) is 18.1. The van der Waals surface area contributed by atoms with E-state index in [1.807, 2.05) is 0 Å². The molecule has 0 radical (unpaired) electrons. The van der Waals surface area contributed by atoms with Crippen molar-refractivity contribution in [2.75, 3.05) is 13.1 Å². The van der Waals surface area contributed by atoms with Crippen molar-refractivity contribution in [1.29, 1.82) is 0 Å². The number of aromatic amines is 1. The Labute approximate surface area is 76.5 Å². The Balaban J connectivity index is 1.95. The number of amidine groups is 1. The van der Waals surface area contributed by atoms with Gasteiger partial charge in [-0.2, -0.15) is 0 Å². The zero-order chi connectivity index (χ0) is 9.10. The number of rotatable bonds is 3. The van der Waals surface area contributed by atoms with Crippen molar-refractivity contribution in [3.05, 3.63) is 18.2 Å². The maximum Gasteiger partial charge on any atom is 0.114 e. The highest BCUT2D eigenvalue weighted by molar-refractivity contribution is 5.88. The molecule has 0 saturated heterocycles. The van der Waals surface area contributed by atoms with E-state index in [1.165, 1.54) is 0 Å². The number of aliphatic imine (C=N–C) groups is 1. The Morgan fingerprint density at radius 2 is 2.54 bits per heavy atom. The van der Waals surface area contributed by atoms with Gasteiger partial charge in [0, 0.05) is 24.9 Å². The summed E-state index contributed by atoms with van der Waals surface area (Å²) in [6.45, 7) is 1.75. The molecule has 1 aromatic heterocycles. The molecule has 5 heteroatoms. The lowest BCUT2D eigenvalue weighted by molar-refractivity contribution is 0.803. The van der Waals surface area contributed by atoms with E-state index in [0.717, 1.165) is 31.0 Å². The lowest BCUT2D eigenvalue weighted by Crippen LogP contribution is -2.39. The fraction of sp³-hybridized carbons (Fsp3) is 0.500. The van der Waals surface area contributed by atoms with Crippen LogP contribution in [0.5, 0.6) is 0 Å². The van der Waals surface area contributed by atoms with Gasteiger partial charge in [-0.1, -0.05) is 0 Å². The second kappa shape index (κ2) is 3.57. The Bertz CT molecular complexity index is 289. The molecule has 1 atom stereocenters. The van der Waals surface area contributed by atoms with Gasteiger partial charge in [0.2, 0.25) is 0 Å². The van der Waals surface area contributed by atoms with Crippen LogP contribution in [-0.2, 0) is 6.42 Å². The molecule has 0 amide bonds. The predicted molar refractivity (Wildman–Crippen MR) is 50.6 cm³/mol. The zero-order valence-corrected chi connectivity index (χ0v) is 7.33. The summed E-state index contributed by atoms with van der Waals surface area (Å²) in [4.78, 5) is 11.2. The quantitative estimate of drug-likeness (QED) is 0.573. The molecule has 5 nitrogen and oxygen atoms in total. The van der Waals surface area contributed by atoms with Gasteiger partial charge in [0.1, 0.15) is 5.84 Å². The summed E-state index contributed by atoms with van der Waals surface area (Å²) >= 11 is 0. The molecule has 0 spiro atoms. The molecule has 0 aliphatic carbocycles. The SMILES string of the molecule is N[C@@H](Cc1cnc[nH]1)C1=NCCN1. The van der Waals surface area contributed by atoms with E-state index in [2.05, 4.69) is 20.3 Å². The molecule has 70 valence electrons. The van der Waals surface area contributed by atoms with Crippen LogP contribution in [-0.4, -0.2) is 34.9 Å². The monoisotopic (exact) mass is 179 g/mol. The van der Waals surface area contributed by atoms with Gasteiger partial charge >= 0.3 is 0 Å². The molecule has 1 aliphatic heterocycles. The highest BCUT2D eigenvalue weighted by atomic mass is 15.1. The summed E-state index contributed by atoms with van der Waals surface area (Å²) in [6.07, 6.45) is 4.20. The van der Waals surface area contributed by atoms with Crippen LogP contribution in [0.4, 0.5) is 0 Å². The van der Waals surface area contributed by atoms with E-state index < -0.39 is 0 Å². The Morgan fingerprint density at radius 1 is 1.62 bits per heavy atom. The standard InChI is InChI=1S/C8H13N5/c9-7(8-11-1-2-12-8)3-6-4-10-5-13-6/h4-5,7H,1-3,9H2,(H,10,13)(H,11,12)/t7-/m0/s1. The molecule has 1 aromatic rings. The van der Waals surface area contributed by atoms with Crippen LogP contribution < -0.4 is 11.1 Å². The molecule has 0 aromatic carbocycles. The Morgan fingerprint density at radius 3 is 3.15 bits per heavy atom. The van der Waals surface area contributed by atoms with Gasteiger partial charge in [0.05, 0.1) is 18.9 Å².